The molecule has 0 fully saturated rings. The van der Waals surface area contributed by atoms with E-state index in [0.29, 0.717) is 29.6 Å². The number of anilines is 2. The number of hydrogen-bond acceptors (Lipinski definition) is 5. The zero-order chi connectivity index (χ0) is 19.9. The highest BCUT2D eigenvalue weighted by Crippen LogP contribution is 2.26. The van der Waals surface area contributed by atoms with Gasteiger partial charge < -0.3 is 15.4 Å². The summed E-state index contributed by atoms with van der Waals surface area (Å²) in [6.45, 7) is 4.21. The van der Waals surface area contributed by atoms with Crippen LogP contribution in [0, 0.1) is 12.7 Å². The number of aryl methyl sites for hydroxylation is 1. The van der Waals surface area contributed by atoms with Crippen LogP contribution in [0.15, 0.2) is 54.6 Å². The molecule has 1 heterocycles. The number of nitrogens with zero attached hydrogens (tertiary/aromatic N) is 2. The Labute approximate surface area is 162 Å². The maximum atomic E-state index is 13.7. The Morgan fingerprint density at radius 2 is 1.86 bits per heavy atom. The summed E-state index contributed by atoms with van der Waals surface area (Å²) in [5, 5.41) is 5.84. The number of halogens is 1. The highest BCUT2D eigenvalue weighted by molar-refractivity contribution is 5.93. The quantitative estimate of drug-likeness (QED) is 0.648. The number of para-hydroxylation sites is 2. The third-order valence-electron chi connectivity index (χ3n) is 3.92. The van der Waals surface area contributed by atoms with Crippen molar-refractivity contribution in [2.75, 3.05) is 11.9 Å². The number of carbonyl (C=O) groups excluding carboxylic acids is 1. The normalized spacial score (nSPS) is 10.4. The van der Waals surface area contributed by atoms with Crippen molar-refractivity contribution in [3.63, 3.8) is 0 Å². The molecule has 3 aromatic rings. The lowest BCUT2D eigenvalue weighted by Crippen LogP contribution is -2.25. The van der Waals surface area contributed by atoms with Crippen molar-refractivity contribution >= 4 is 17.4 Å². The van der Waals surface area contributed by atoms with E-state index in [1.165, 1.54) is 6.07 Å². The average molecular weight is 380 g/mol. The molecule has 1 aromatic heterocycles. The van der Waals surface area contributed by atoms with E-state index in [4.69, 9.17) is 4.74 Å². The van der Waals surface area contributed by atoms with Gasteiger partial charge in [-0.25, -0.2) is 14.4 Å². The first-order valence-corrected chi connectivity index (χ1v) is 8.93. The topological polar surface area (TPSA) is 76.1 Å². The van der Waals surface area contributed by atoms with E-state index in [0.717, 1.165) is 5.69 Å². The Bertz CT molecular complexity index is 978. The molecule has 28 heavy (non-hydrogen) atoms. The van der Waals surface area contributed by atoms with E-state index in [-0.39, 0.29) is 18.1 Å². The van der Waals surface area contributed by atoms with Crippen LogP contribution in [0.4, 0.5) is 15.9 Å². The lowest BCUT2D eigenvalue weighted by atomic mass is 10.2. The van der Waals surface area contributed by atoms with Gasteiger partial charge in [-0.05, 0) is 32.0 Å². The van der Waals surface area contributed by atoms with Crippen molar-refractivity contribution < 1.29 is 13.9 Å². The van der Waals surface area contributed by atoms with Crippen LogP contribution >= 0.6 is 0 Å². The number of ether oxygens (including phenoxy) is 1. The molecule has 1 amide bonds. The van der Waals surface area contributed by atoms with Gasteiger partial charge in [0.25, 0.3) is 5.91 Å². The summed E-state index contributed by atoms with van der Waals surface area (Å²) < 4.78 is 19.3. The molecular formula is C21H21FN4O2. The molecule has 0 aliphatic carbocycles. The molecule has 0 aliphatic heterocycles. The van der Waals surface area contributed by atoms with Gasteiger partial charge in [0.1, 0.15) is 28.9 Å². The predicted octanol–water partition coefficient (Wildman–Crippen LogP) is 4.00. The number of benzene rings is 2. The van der Waals surface area contributed by atoms with Crippen LogP contribution in [0.5, 0.6) is 5.75 Å². The van der Waals surface area contributed by atoms with Crippen molar-refractivity contribution in [1.82, 2.24) is 15.3 Å². The van der Waals surface area contributed by atoms with E-state index in [9.17, 15) is 9.18 Å². The average Bonchev–Trinajstić information content (AvgIpc) is 2.68. The Hall–Kier alpha value is -3.48. The van der Waals surface area contributed by atoms with Gasteiger partial charge in [-0.1, -0.05) is 30.3 Å². The minimum Gasteiger partial charge on any atom is -0.492 e. The van der Waals surface area contributed by atoms with Gasteiger partial charge in [-0.2, -0.15) is 0 Å². The summed E-state index contributed by atoms with van der Waals surface area (Å²) in [6.07, 6.45) is 0. The van der Waals surface area contributed by atoms with Gasteiger partial charge in [0.2, 0.25) is 0 Å². The van der Waals surface area contributed by atoms with Crippen LogP contribution in [-0.4, -0.2) is 22.5 Å². The third-order valence-corrected chi connectivity index (χ3v) is 3.92. The smallest absolute Gasteiger partial charge is 0.270 e. The lowest BCUT2D eigenvalue weighted by Gasteiger charge is -2.13. The zero-order valence-corrected chi connectivity index (χ0v) is 15.7. The minimum absolute atomic E-state index is 0.0739. The van der Waals surface area contributed by atoms with Crippen LogP contribution in [0.1, 0.15) is 28.8 Å². The summed E-state index contributed by atoms with van der Waals surface area (Å²) in [5.41, 5.74) is 1.34. The van der Waals surface area contributed by atoms with E-state index < -0.39 is 5.91 Å². The van der Waals surface area contributed by atoms with Crippen LogP contribution < -0.4 is 15.4 Å². The Morgan fingerprint density at radius 3 is 2.64 bits per heavy atom. The SMILES string of the molecule is CCOc1ccccc1Nc1cc(C(=O)NCc2ccccc2F)nc(C)n1. The van der Waals surface area contributed by atoms with Crippen molar-refractivity contribution in [3.8, 4) is 5.75 Å². The number of carbonyl (C=O) groups is 1. The molecule has 3 rings (SSSR count). The van der Waals surface area contributed by atoms with E-state index in [1.54, 1.807) is 31.2 Å². The second-order valence-corrected chi connectivity index (χ2v) is 6.01. The van der Waals surface area contributed by atoms with Crippen LogP contribution in [-0.2, 0) is 6.54 Å². The number of aromatic nitrogens is 2. The second kappa shape index (κ2) is 8.94. The largest absolute Gasteiger partial charge is 0.492 e. The Balaban J connectivity index is 1.76. The molecule has 0 saturated carbocycles. The van der Waals surface area contributed by atoms with Gasteiger partial charge in [-0.15, -0.1) is 0 Å². The number of rotatable bonds is 7. The molecule has 0 bridgehead atoms. The molecule has 2 aromatic carbocycles. The second-order valence-electron chi connectivity index (χ2n) is 6.01. The minimum atomic E-state index is -0.408. The molecule has 0 radical (unpaired) electrons. The van der Waals surface area contributed by atoms with Crippen LogP contribution in [0.2, 0.25) is 0 Å². The van der Waals surface area contributed by atoms with Gasteiger partial charge in [-0.3, -0.25) is 4.79 Å². The van der Waals surface area contributed by atoms with Gasteiger partial charge in [0, 0.05) is 18.2 Å². The van der Waals surface area contributed by atoms with E-state index >= 15 is 0 Å². The summed E-state index contributed by atoms with van der Waals surface area (Å²) in [5.74, 6) is 0.823. The molecule has 0 spiro atoms. The van der Waals surface area contributed by atoms with Crippen LogP contribution in [0.25, 0.3) is 0 Å². The van der Waals surface area contributed by atoms with Gasteiger partial charge in [0.15, 0.2) is 0 Å². The zero-order valence-electron chi connectivity index (χ0n) is 15.7. The maximum Gasteiger partial charge on any atom is 0.270 e. The standard InChI is InChI=1S/C21H21FN4O2/c1-3-28-19-11-7-6-10-17(19)26-20-12-18(24-14(2)25-20)21(27)23-13-15-8-4-5-9-16(15)22/h4-12H,3,13H2,1-2H3,(H,23,27)(H,24,25,26). The lowest BCUT2D eigenvalue weighted by molar-refractivity contribution is 0.0945. The molecule has 0 atom stereocenters. The first kappa shape index (κ1) is 19.3. The van der Waals surface area contributed by atoms with Crippen molar-refractivity contribution in [1.29, 1.82) is 0 Å². The molecule has 0 unspecified atom stereocenters. The van der Waals surface area contributed by atoms with Crippen LogP contribution in [0.3, 0.4) is 0 Å². The fraction of sp³-hybridized carbons (Fsp3) is 0.190. The maximum absolute atomic E-state index is 13.7. The molecule has 0 aliphatic rings. The molecular weight excluding hydrogens is 359 g/mol. The van der Waals surface area contributed by atoms with E-state index in [2.05, 4.69) is 20.6 Å². The highest BCUT2D eigenvalue weighted by atomic mass is 19.1. The summed E-state index contributed by atoms with van der Waals surface area (Å²) in [7, 11) is 0. The number of nitrogens with one attached hydrogen (secondary N) is 2. The summed E-state index contributed by atoms with van der Waals surface area (Å²) >= 11 is 0. The fourth-order valence-corrected chi connectivity index (χ4v) is 2.65. The molecule has 0 saturated heterocycles. The van der Waals surface area contributed by atoms with Gasteiger partial charge >= 0.3 is 0 Å². The Kier molecular flexibility index (Phi) is 6.16. The molecule has 6 nitrogen and oxygen atoms in total. The third kappa shape index (κ3) is 4.82. The van der Waals surface area contributed by atoms with Crippen molar-refractivity contribution in [2.24, 2.45) is 0 Å². The predicted molar refractivity (Wildman–Crippen MR) is 105 cm³/mol. The molecule has 7 heteroatoms. The van der Waals surface area contributed by atoms with Gasteiger partial charge in [0.05, 0.1) is 12.3 Å². The monoisotopic (exact) mass is 380 g/mol. The molecule has 2 N–H and O–H groups in total. The van der Waals surface area contributed by atoms with E-state index in [1.807, 2.05) is 31.2 Å². The highest BCUT2D eigenvalue weighted by Gasteiger charge is 2.12. The summed E-state index contributed by atoms with van der Waals surface area (Å²) in [4.78, 5) is 21.0. The first-order chi connectivity index (χ1) is 13.6. The van der Waals surface area contributed by atoms with Crippen molar-refractivity contribution in [2.45, 2.75) is 20.4 Å². The first-order valence-electron chi connectivity index (χ1n) is 8.93. The summed E-state index contributed by atoms with van der Waals surface area (Å²) in [6, 6.07) is 15.3. The van der Waals surface area contributed by atoms with Crippen molar-refractivity contribution in [3.05, 3.63) is 77.5 Å². The number of amides is 1. The molecule has 144 valence electrons. The Morgan fingerprint density at radius 1 is 1.11 bits per heavy atom. The number of hydrogen-bond donors (Lipinski definition) is 2. The fourth-order valence-electron chi connectivity index (χ4n) is 2.65.